The van der Waals surface area contributed by atoms with Crippen molar-refractivity contribution in [2.75, 3.05) is 36.9 Å². The Bertz CT molecular complexity index is 1480. The average Bonchev–Trinajstić information content (AvgIpc) is 3.64. The lowest BCUT2D eigenvalue weighted by molar-refractivity contribution is -0.138. The number of carbonyl (C=O) groups excluding carboxylic acids is 1. The van der Waals surface area contributed by atoms with Crippen molar-refractivity contribution in [3.05, 3.63) is 60.4 Å². The molecule has 2 aromatic heterocycles. The first-order chi connectivity index (χ1) is 20.4. The number of ether oxygens (including phenoxy) is 2. The highest BCUT2D eigenvalue weighted by molar-refractivity contribution is 6.00. The van der Waals surface area contributed by atoms with E-state index < -0.39 is 5.97 Å². The number of hydrogen-bond acceptors (Lipinski definition) is 8. The van der Waals surface area contributed by atoms with Gasteiger partial charge in [-0.05, 0) is 68.7 Å². The summed E-state index contributed by atoms with van der Waals surface area (Å²) in [6.45, 7) is 7.68. The van der Waals surface area contributed by atoms with E-state index in [2.05, 4.69) is 32.7 Å². The Kier molecular flexibility index (Phi) is 9.28. The SMILES string of the molecule is CCOc1cc(CN2CCC(Nc3nc4c(NC(=O)CCC(=O)O)cccc4o3)CC2)cc(OCC)c1-n1cccc1. The standard InChI is InChI=1S/C31H37N5O6/c1-3-40-25-18-21(19-26(41-4-2)30(25)36-14-5-6-15-36)20-35-16-12-22(13-17-35)32-31-34-29-23(8-7-9-24(29)42-31)33-27(37)10-11-28(38)39/h5-9,14-15,18-19,22H,3-4,10-13,16-17,20H2,1-2H3,(H,32,34)(H,33,37)(H,38,39). The van der Waals surface area contributed by atoms with Crippen LogP contribution in [0.2, 0.25) is 0 Å². The number of benzene rings is 2. The van der Waals surface area contributed by atoms with Crippen molar-refractivity contribution in [3.8, 4) is 17.2 Å². The molecule has 0 saturated carbocycles. The molecule has 0 spiro atoms. The minimum atomic E-state index is -1.02. The maximum atomic E-state index is 12.2. The van der Waals surface area contributed by atoms with Gasteiger partial charge in [0.2, 0.25) is 5.91 Å². The summed E-state index contributed by atoms with van der Waals surface area (Å²) in [4.78, 5) is 29.9. The van der Waals surface area contributed by atoms with Crippen LogP contribution in [0.1, 0.15) is 45.1 Å². The van der Waals surface area contributed by atoms with Crippen LogP contribution in [0.5, 0.6) is 11.5 Å². The zero-order valence-electron chi connectivity index (χ0n) is 24.0. The predicted molar refractivity (Wildman–Crippen MR) is 160 cm³/mol. The predicted octanol–water partition coefficient (Wildman–Crippen LogP) is 5.30. The highest BCUT2D eigenvalue weighted by Crippen LogP contribution is 2.36. The molecule has 2 aromatic carbocycles. The summed E-state index contributed by atoms with van der Waals surface area (Å²) in [6.07, 6.45) is 5.48. The summed E-state index contributed by atoms with van der Waals surface area (Å²) in [5.74, 6) is 0.216. The van der Waals surface area contributed by atoms with Crippen molar-refractivity contribution >= 4 is 34.7 Å². The van der Waals surface area contributed by atoms with Crippen LogP contribution >= 0.6 is 0 Å². The third kappa shape index (κ3) is 7.03. The number of likely N-dealkylation sites (tertiary alicyclic amines) is 1. The van der Waals surface area contributed by atoms with E-state index in [-0.39, 0.29) is 24.8 Å². The fourth-order valence-corrected chi connectivity index (χ4v) is 5.21. The van der Waals surface area contributed by atoms with E-state index in [0.29, 0.717) is 36.0 Å². The lowest BCUT2D eigenvalue weighted by Gasteiger charge is -2.32. The van der Waals surface area contributed by atoms with Gasteiger partial charge in [0, 0.05) is 44.5 Å². The number of anilines is 2. The minimum absolute atomic E-state index is 0.107. The van der Waals surface area contributed by atoms with Crippen LogP contribution in [-0.2, 0) is 16.1 Å². The number of piperidine rings is 1. The second kappa shape index (κ2) is 13.4. The molecule has 11 heteroatoms. The zero-order valence-corrected chi connectivity index (χ0v) is 24.0. The summed E-state index contributed by atoms with van der Waals surface area (Å²) >= 11 is 0. The van der Waals surface area contributed by atoms with Crippen molar-refractivity contribution in [1.82, 2.24) is 14.5 Å². The molecule has 0 atom stereocenters. The highest BCUT2D eigenvalue weighted by atomic mass is 16.5. The number of carbonyl (C=O) groups is 2. The van der Waals surface area contributed by atoms with Gasteiger partial charge in [-0.3, -0.25) is 14.5 Å². The molecule has 1 aliphatic rings. The molecule has 222 valence electrons. The van der Waals surface area contributed by atoms with E-state index in [0.717, 1.165) is 55.2 Å². The van der Waals surface area contributed by atoms with Crippen molar-refractivity contribution in [2.24, 2.45) is 0 Å². The number of aliphatic carboxylic acids is 1. The molecule has 0 unspecified atom stereocenters. The van der Waals surface area contributed by atoms with Gasteiger partial charge in [-0.2, -0.15) is 4.98 Å². The summed E-state index contributed by atoms with van der Waals surface area (Å²) in [6, 6.07) is 14.1. The largest absolute Gasteiger partial charge is 0.492 e. The first kappa shape index (κ1) is 29.0. The lowest BCUT2D eigenvalue weighted by Crippen LogP contribution is -2.38. The van der Waals surface area contributed by atoms with Crippen LogP contribution in [0.4, 0.5) is 11.7 Å². The monoisotopic (exact) mass is 575 g/mol. The number of para-hydroxylation sites is 1. The Morgan fingerprint density at radius 3 is 2.36 bits per heavy atom. The number of fused-ring (bicyclic) bond motifs is 1. The van der Waals surface area contributed by atoms with Crippen LogP contribution < -0.4 is 20.1 Å². The van der Waals surface area contributed by atoms with E-state index in [9.17, 15) is 9.59 Å². The molecule has 11 nitrogen and oxygen atoms in total. The summed E-state index contributed by atoms with van der Waals surface area (Å²) in [7, 11) is 0. The molecule has 3 heterocycles. The van der Waals surface area contributed by atoms with Gasteiger partial charge in [-0.15, -0.1) is 0 Å². The number of amides is 1. The van der Waals surface area contributed by atoms with Gasteiger partial charge in [0.1, 0.15) is 22.7 Å². The van der Waals surface area contributed by atoms with Gasteiger partial charge in [-0.25, -0.2) is 0 Å². The van der Waals surface area contributed by atoms with Crippen LogP contribution in [0.3, 0.4) is 0 Å². The maximum absolute atomic E-state index is 12.2. The molecule has 3 N–H and O–H groups in total. The van der Waals surface area contributed by atoms with Crippen molar-refractivity contribution in [2.45, 2.75) is 52.1 Å². The number of aromatic nitrogens is 2. The van der Waals surface area contributed by atoms with Gasteiger partial charge in [0.05, 0.1) is 25.3 Å². The first-order valence-electron chi connectivity index (χ1n) is 14.4. The van der Waals surface area contributed by atoms with Gasteiger partial charge in [-0.1, -0.05) is 6.07 Å². The number of carboxylic acid groups (broad SMARTS) is 1. The summed E-state index contributed by atoms with van der Waals surface area (Å²) in [5.41, 5.74) is 3.62. The van der Waals surface area contributed by atoms with E-state index in [1.165, 1.54) is 0 Å². The molecule has 1 amide bonds. The van der Waals surface area contributed by atoms with Crippen LogP contribution in [0.25, 0.3) is 16.8 Å². The summed E-state index contributed by atoms with van der Waals surface area (Å²) < 4.78 is 20.0. The third-order valence-corrected chi connectivity index (χ3v) is 7.14. The molecule has 4 aromatic rings. The number of oxazole rings is 1. The van der Waals surface area contributed by atoms with Crippen LogP contribution in [0.15, 0.2) is 59.3 Å². The molecule has 0 radical (unpaired) electrons. The van der Waals surface area contributed by atoms with Gasteiger partial charge < -0.3 is 34.2 Å². The quantitative estimate of drug-likeness (QED) is 0.194. The smallest absolute Gasteiger partial charge is 0.303 e. The number of nitrogens with one attached hydrogen (secondary N) is 2. The first-order valence-corrected chi connectivity index (χ1v) is 14.4. The molecule has 1 saturated heterocycles. The lowest BCUT2D eigenvalue weighted by atomic mass is 10.0. The second-order valence-electron chi connectivity index (χ2n) is 10.2. The fraction of sp³-hybridized carbons (Fsp3) is 0.387. The molecule has 1 aliphatic heterocycles. The van der Waals surface area contributed by atoms with Crippen molar-refractivity contribution < 1.29 is 28.6 Å². The Morgan fingerprint density at radius 2 is 1.71 bits per heavy atom. The third-order valence-electron chi connectivity index (χ3n) is 7.14. The Balaban J connectivity index is 1.21. The average molecular weight is 576 g/mol. The van der Waals surface area contributed by atoms with Crippen LogP contribution in [-0.4, -0.2) is 63.8 Å². The molecule has 1 fully saturated rings. The zero-order chi connectivity index (χ0) is 29.5. The molecular weight excluding hydrogens is 538 g/mol. The number of hydrogen-bond donors (Lipinski definition) is 3. The number of nitrogens with zero attached hydrogens (tertiary/aromatic N) is 3. The Hall–Kier alpha value is -4.51. The molecule has 0 bridgehead atoms. The minimum Gasteiger partial charge on any atom is -0.492 e. The van der Waals surface area contributed by atoms with E-state index >= 15 is 0 Å². The van der Waals surface area contributed by atoms with Crippen molar-refractivity contribution in [1.29, 1.82) is 0 Å². The molecule has 42 heavy (non-hydrogen) atoms. The summed E-state index contributed by atoms with van der Waals surface area (Å²) in [5, 5.41) is 15.0. The fourth-order valence-electron chi connectivity index (χ4n) is 5.21. The van der Waals surface area contributed by atoms with Gasteiger partial charge in [0.25, 0.3) is 6.01 Å². The molecule has 0 aliphatic carbocycles. The normalized spacial score (nSPS) is 14.1. The molecule has 5 rings (SSSR count). The Morgan fingerprint density at radius 1 is 1.02 bits per heavy atom. The number of rotatable bonds is 13. The highest BCUT2D eigenvalue weighted by Gasteiger charge is 2.23. The maximum Gasteiger partial charge on any atom is 0.303 e. The van der Waals surface area contributed by atoms with E-state index in [4.69, 9.17) is 19.0 Å². The van der Waals surface area contributed by atoms with E-state index in [1.807, 2.05) is 42.9 Å². The number of carboxylic acids is 1. The molecular formula is C31H37N5O6. The Labute approximate surface area is 244 Å². The van der Waals surface area contributed by atoms with Gasteiger partial charge in [0.15, 0.2) is 5.58 Å². The van der Waals surface area contributed by atoms with E-state index in [1.54, 1.807) is 18.2 Å². The van der Waals surface area contributed by atoms with Crippen molar-refractivity contribution in [3.63, 3.8) is 0 Å². The topological polar surface area (TPSA) is 131 Å². The second-order valence-corrected chi connectivity index (χ2v) is 10.2. The van der Waals surface area contributed by atoms with Gasteiger partial charge >= 0.3 is 5.97 Å². The van der Waals surface area contributed by atoms with Crippen LogP contribution in [0, 0.1) is 0 Å².